The molecular weight excluding hydrogens is 261 g/mol. The molecule has 0 unspecified atom stereocenters. The third kappa shape index (κ3) is 16.5. The monoisotopic (exact) mass is 277 g/mol. The van der Waals surface area contributed by atoms with Gasteiger partial charge in [-0.25, -0.2) is 4.79 Å². The van der Waals surface area contributed by atoms with E-state index in [4.69, 9.17) is 4.74 Å². The van der Waals surface area contributed by atoms with Gasteiger partial charge >= 0.3 is 64.5 Å². The van der Waals surface area contributed by atoms with Crippen molar-refractivity contribution < 1.29 is 73.9 Å². The van der Waals surface area contributed by atoms with E-state index in [1.54, 1.807) is 20.8 Å². The molecule has 0 saturated heterocycles. The summed E-state index contributed by atoms with van der Waals surface area (Å²) in [6.07, 6.45) is 0.483. The van der Waals surface area contributed by atoms with Crippen molar-refractivity contribution in [2.75, 3.05) is 6.54 Å². The molecule has 94 valence electrons. The van der Waals surface area contributed by atoms with E-state index in [0.29, 0.717) is 0 Å². The van der Waals surface area contributed by atoms with Gasteiger partial charge in [-0.3, -0.25) is 0 Å². The van der Waals surface area contributed by atoms with E-state index in [1.807, 2.05) is 0 Å². The zero-order valence-electron chi connectivity index (χ0n) is 10.6. The quantitative estimate of drug-likeness (QED) is 0.573. The number of hydrogen-bond acceptors (Lipinski definition) is 2. The largest absolute Gasteiger partial charge is 1.00 e. The van der Waals surface area contributed by atoms with Crippen LogP contribution in [-0.2, 0) is 4.74 Å². The Morgan fingerprint density at radius 2 is 1.88 bits per heavy atom. The number of alkyl carbamates (subject to hydrolysis) is 1. The number of ether oxygens (including phenoxy) is 1. The van der Waals surface area contributed by atoms with Crippen LogP contribution in [0, 0.1) is 0 Å². The van der Waals surface area contributed by atoms with Crippen LogP contribution in [0.1, 0.15) is 27.2 Å². The maximum Gasteiger partial charge on any atom is 1.00 e. The number of amides is 1. The third-order valence-corrected chi connectivity index (χ3v) is 1.33. The minimum Gasteiger partial charge on any atom is -0.445 e. The van der Waals surface area contributed by atoms with Crippen LogP contribution < -0.4 is 56.7 Å². The molecule has 0 rings (SSSR count). The number of nitrogens with one attached hydrogen (secondary N) is 1. The average Bonchev–Trinajstić information content (AvgIpc) is 1.97. The van der Waals surface area contributed by atoms with Gasteiger partial charge in [0.2, 0.25) is 0 Å². The van der Waals surface area contributed by atoms with Gasteiger partial charge in [0.25, 0.3) is 0 Å². The predicted octanol–water partition coefficient (Wildman–Crippen LogP) is -0.152. The Morgan fingerprint density at radius 1 is 1.35 bits per heavy atom. The van der Waals surface area contributed by atoms with Gasteiger partial charge in [-0.15, -0.1) is 12.1 Å². The van der Waals surface area contributed by atoms with E-state index < -0.39 is 18.7 Å². The average molecular weight is 277 g/mol. The molecule has 0 bridgehead atoms. The zero-order valence-corrected chi connectivity index (χ0v) is 13.7. The van der Waals surface area contributed by atoms with Crippen LogP contribution in [0.3, 0.4) is 0 Å². The first-order valence-corrected chi connectivity index (χ1v) is 4.95. The van der Waals surface area contributed by atoms with Crippen molar-refractivity contribution in [2.24, 2.45) is 0 Å². The van der Waals surface area contributed by atoms with E-state index in [2.05, 4.69) is 5.32 Å². The van der Waals surface area contributed by atoms with Gasteiger partial charge in [0, 0.05) is 6.54 Å². The predicted molar refractivity (Wildman–Crippen MR) is 57.1 cm³/mol. The van der Waals surface area contributed by atoms with Crippen LogP contribution in [0.5, 0.6) is 0 Å². The van der Waals surface area contributed by atoms with E-state index >= 15 is 0 Å². The maximum atomic E-state index is 11.7. The van der Waals surface area contributed by atoms with Gasteiger partial charge < -0.3 is 23.0 Å². The van der Waals surface area contributed by atoms with Gasteiger partial charge in [-0.05, 0) is 27.2 Å². The molecule has 3 nitrogen and oxygen atoms in total. The molecule has 0 aliphatic heterocycles. The molecule has 0 radical (unpaired) electrons. The maximum absolute atomic E-state index is 11.7. The third-order valence-electron chi connectivity index (χ3n) is 1.33. The van der Waals surface area contributed by atoms with Crippen molar-refractivity contribution in [2.45, 2.75) is 32.8 Å². The van der Waals surface area contributed by atoms with Crippen molar-refractivity contribution in [3.63, 3.8) is 0 Å². The first-order valence-electron chi connectivity index (χ1n) is 4.95. The minimum absolute atomic E-state index is 0. The molecule has 0 heterocycles. The second-order valence-electron chi connectivity index (χ2n) is 4.27. The van der Waals surface area contributed by atoms with Crippen LogP contribution in [-0.4, -0.2) is 25.2 Å². The molecule has 0 aromatic heterocycles. The first kappa shape index (κ1) is 19.8. The molecule has 1 amide bonds. The molecule has 0 aromatic rings. The van der Waals surface area contributed by atoms with Crippen molar-refractivity contribution >= 4 is 13.1 Å². The van der Waals surface area contributed by atoms with E-state index in [0.717, 1.165) is 6.08 Å². The van der Waals surface area contributed by atoms with Crippen LogP contribution >= 0.6 is 0 Å². The summed E-state index contributed by atoms with van der Waals surface area (Å²) in [6.45, 7) is 0.360. The van der Waals surface area contributed by atoms with Crippen molar-refractivity contribution in [1.29, 1.82) is 0 Å². The van der Waals surface area contributed by atoms with Crippen molar-refractivity contribution in [1.82, 2.24) is 5.32 Å². The number of hydrogen-bond donors (Lipinski definition) is 1. The second-order valence-corrected chi connectivity index (χ2v) is 4.27. The normalized spacial score (nSPS) is 12.1. The molecule has 0 aromatic carbocycles. The molecule has 0 spiro atoms. The topological polar surface area (TPSA) is 38.3 Å². The summed E-state index contributed by atoms with van der Waals surface area (Å²) in [5.41, 5.74) is -0.602. The van der Waals surface area contributed by atoms with Crippen LogP contribution in [0.4, 0.5) is 17.7 Å². The van der Waals surface area contributed by atoms with Crippen LogP contribution in [0.15, 0.2) is 12.1 Å². The zero-order chi connectivity index (χ0) is 12.8. The smallest absolute Gasteiger partial charge is 0.445 e. The molecule has 0 aliphatic rings. The van der Waals surface area contributed by atoms with Gasteiger partial charge in [-0.1, -0.05) is 0 Å². The number of carbonyl (C=O) groups is 1. The fourth-order valence-electron chi connectivity index (χ4n) is 0.822. The van der Waals surface area contributed by atoms with Crippen molar-refractivity contribution in [3.05, 3.63) is 12.1 Å². The molecular formula is C9H16BF3KNO2. The molecule has 0 atom stereocenters. The molecule has 0 aliphatic carbocycles. The molecule has 0 saturated carbocycles. The summed E-state index contributed by atoms with van der Waals surface area (Å²) in [5, 5.41) is 2.35. The summed E-state index contributed by atoms with van der Waals surface area (Å²) in [5.74, 6) is 0.205. The summed E-state index contributed by atoms with van der Waals surface area (Å²) in [4.78, 5) is 11.0. The number of rotatable bonds is 4. The second kappa shape index (κ2) is 8.58. The van der Waals surface area contributed by atoms with E-state index in [1.165, 1.54) is 0 Å². The molecule has 0 fully saturated rings. The van der Waals surface area contributed by atoms with Crippen LogP contribution in [0.2, 0.25) is 0 Å². The molecule has 1 N–H and O–H groups in total. The standard InChI is InChI=1S/C9H16BF3NO2.K/c1-9(2,3)16-8(15)14-7-5-4-6-10(11,12)13;/h4,6H,5,7H2,1-3H3,(H,14,15);/q-1;+1/b6-4+;. The number of carbonyl (C=O) groups excluding carboxylic acids is 1. The fourth-order valence-corrected chi connectivity index (χ4v) is 0.822. The van der Waals surface area contributed by atoms with Gasteiger partial charge in [0.05, 0.1) is 0 Å². The Labute approximate surface area is 142 Å². The Hall–Kier alpha value is 0.501. The fraction of sp³-hybridized carbons (Fsp3) is 0.667. The summed E-state index contributed by atoms with van der Waals surface area (Å²) in [6, 6.07) is 0. The van der Waals surface area contributed by atoms with Crippen molar-refractivity contribution in [3.8, 4) is 0 Å². The number of halogens is 3. The molecule has 8 heteroatoms. The Balaban J connectivity index is 0. The first-order chi connectivity index (χ1) is 7.10. The summed E-state index contributed by atoms with van der Waals surface area (Å²) < 4.78 is 40.1. The van der Waals surface area contributed by atoms with Crippen LogP contribution in [0.25, 0.3) is 0 Å². The Kier molecular flexibility index (Phi) is 10.0. The summed E-state index contributed by atoms with van der Waals surface area (Å²) >= 11 is 0. The molecule has 17 heavy (non-hydrogen) atoms. The van der Waals surface area contributed by atoms with E-state index in [9.17, 15) is 17.7 Å². The SMILES string of the molecule is CC(C)(C)OC(=O)NCC/C=C/[B-](F)(F)F.[K+]. The van der Waals surface area contributed by atoms with Gasteiger partial charge in [0.15, 0.2) is 0 Å². The van der Waals surface area contributed by atoms with Gasteiger partial charge in [0.1, 0.15) is 5.60 Å². The summed E-state index contributed by atoms with van der Waals surface area (Å²) in [7, 11) is 0. The Morgan fingerprint density at radius 3 is 2.29 bits per heavy atom. The minimum atomic E-state index is -4.88. The Bertz CT molecular complexity index is 264. The van der Waals surface area contributed by atoms with E-state index in [-0.39, 0.29) is 70.3 Å². The van der Waals surface area contributed by atoms with Gasteiger partial charge in [-0.2, -0.15) is 0 Å².